The van der Waals surface area contributed by atoms with Crippen LogP contribution in [0.3, 0.4) is 0 Å². The Labute approximate surface area is 237 Å². The van der Waals surface area contributed by atoms with Gasteiger partial charge in [-0.05, 0) is 58.3 Å². The van der Waals surface area contributed by atoms with Gasteiger partial charge in [0.15, 0.2) is 0 Å². The third-order valence-corrected chi connectivity index (χ3v) is 6.41. The Morgan fingerprint density at radius 1 is 0.925 bits per heavy atom. The normalized spacial score (nSPS) is 17.6. The van der Waals surface area contributed by atoms with Gasteiger partial charge in [0.1, 0.15) is 29.8 Å². The molecule has 1 saturated heterocycles. The molecular weight excluding hydrogens is 520 g/mol. The van der Waals surface area contributed by atoms with Gasteiger partial charge in [-0.25, -0.2) is 4.79 Å². The van der Waals surface area contributed by atoms with E-state index in [-0.39, 0.29) is 37.0 Å². The van der Waals surface area contributed by atoms with Gasteiger partial charge in [-0.1, -0.05) is 27.7 Å². The molecule has 1 aliphatic heterocycles. The summed E-state index contributed by atoms with van der Waals surface area (Å²) in [4.78, 5) is 77.9. The molecule has 0 aromatic carbocycles. The van der Waals surface area contributed by atoms with E-state index in [2.05, 4.69) is 16.0 Å². The highest BCUT2D eigenvalue weighted by molar-refractivity contribution is 5.95. The van der Waals surface area contributed by atoms with E-state index in [0.29, 0.717) is 19.4 Å². The minimum Gasteiger partial charge on any atom is -0.467 e. The van der Waals surface area contributed by atoms with Crippen molar-refractivity contribution < 1.29 is 38.2 Å². The molecule has 1 rings (SSSR count). The molecule has 228 valence electrons. The summed E-state index contributed by atoms with van der Waals surface area (Å²) in [6.45, 7) is 14.3. The van der Waals surface area contributed by atoms with Gasteiger partial charge in [-0.3, -0.25) is 24.0 Å². The molecule has 0 unspecified atom stereocenters. The van der Waals surface area contributed by atoms with E-state index < -0.39 is 59.4 Å². The van der Waals surface area contributed by atoms with Crippen LogP contribution in [0.1, 0.15) is 87.5 Å². The van der Waals surface area contributed by atoms with Gasteiger partial charge >= 0.3 is 11.9 Å². The molecule has 4 atom stereocenters. The van der Waals surface area contributed by atoms with Crippen molar-refractivity contribution in [3.05, 3.63) is 0 Å². The van der Waals surface area contributed by atoms with Crippen molar-refractivity contribution in [1.29, 1.82) is 0 Å². The van der Waals surface area contributed by atoms with E-state index in [4.69, 9.17) is 9.47 Å². The van der Waals surface area contributed by atoms with Gasteiger partial charge in [0.2, 0.25) is 23.6 Å². The Morgan fingerprint density at radius 3 is 2.02 bits per heavy atom. The Bertz CT molecular complexity index is 928. The number of rotatable bonds is 13. The monoisotopic (exact) mass is 568 g/mol. The molecule has 1 fully saturated rings. The summed E-state index contributed by atoms with van der Waals surface area (Å²) in [7, 11) is 1.21. The van der Waals surface area contributed by atoms with Gasteiger partial charge in [0.05, 0.1) is 7.11 Å². The van der Waals surface area contributed by atoms with Crippen molar-refractivity contribution in [1.82, 2.24) is 20.9 Å². The highest BCUT2D eigenvalue weighted by Crippen LogP contribution is 2.18. The maximum Gasteiger partial charge on any atom is 0.328 e. The van der Waals surface area contributed by atoms with E-state index in [1.807, 2.05) is 13.8 Å². The van der Waals surface area contributed by atoms with Crippen LogP contribution in [-0.2, 0) is 38.2 Å². The number of nitrogens with zero attached hydrogens (tertiary/aromatic N) is 1. The first-order valence-electron chi connectivity index (χ1n) is 13.9. The summed E-state index contributed by atoms with van der Waals surface area (Å²) in [5.74, 6) is -3.42. The van der Waals surface area contributed by atoms with Gasteiger partial charge in [-0.2, -0.15) is 0 Å². The Balaban J connectivity index is 3.14. The smallest absolute Gasteiger partial charge is 0.328 e. The molecule has 0 saturated carbocycles. The minimum absolute atomic E-state index is 0.0159. The quantitative estimate of drug-likeness (QED) is 0.282. The van der Waals surface area contributed by atoms with Crippen LogP contribution in [0.2, 0.25) is 0 Å². The highest BCUT2D eigenvalue weighted by Gasteiger charge is 2.36. The summed E-state index contributed by atoms with van der Waals surface area (Å²) in [6, 6.07) is -3.82. The fourth-order valence-electron chi connectivity index (χ4n) is 4.46. The Hall–Kier alpha value is -3.18. The molecule has 0 aliphatic carbocycles. The predicted octanol–water partition coefficient (Wildman–Crippen LogP) is 1.45. The molecule has 0 radical (unpaired) electrons. The van der Waals surface area contributed by atoms with Crippen molar-refractivity contribution in [3.63, 3.8) is 0 Å². The number of carbonyl (C=O) groups is 6. The van der Waals surface area contributed by atoms with Crippen LogP contribution < -0.4 is 16.0 Å². The Kier molecular flexibility index (Phi) is 13.6. The van der Waals surface area contributed by atoms with Crippen LogP contribution in [0.4, 0.5) is 0 Å². The number of likely N-dealkylation sites (tertiary alicyclic amines) is 1. The second-order valence-corrected chi connectivity index (χ2v) is 12.0. The highest BCUT2D eigenvalue weighted by atomic mass is 16.6. The van der Waals surface area contributed by atoms with Gasteiger partial charge in [0, 0.05) is 19.9 Å². The molecule has 0 aromatic rings. The van der Waals surface area contributed by atoms with Crippen molar-refractivity contribution in [2.45, 2.75) is 117 Å². The summed E-state index contributed by atoms with van der Waals surface area (Å²) in [5.41, 5.74) is -0.730. The van der Waals surface area contributed by atoms with E-state index in [1.165, 1.54) is 18.9 Å². The molecule has 0 bridgehead atoms. The van der Waals surface area contributed by atoms with Crippen LogP contribution in [0.5, 0.6) is 0 Å². The zero-order valence-electron chi connectivity index (χ0n) is 25.4. The van der Waals surface area contributed by atoms with Gasteiger partial charge in [0.25, 0.3) is 0 Å². The van der Waals surface area contributed by atoms with Crippen LogP contribution in [-0.4, -0.2) is 83.9 Å². The predicted molar refractivity (Wildman–Crippen MR) is 148 cm³/mol. The number of hydrogen-bond acceptors (Lipinski definition) is 8. The molecule has 40 heavy (non-hydrogen) atoms. The molecular formula is C28H48N4O8. The summed E-state index contributed by atoms with van der Waals surface area (Å²) >= 11 is 0. The maximum atomic E-state index is 13.4. The first-order chi connectivity index (χ1) is 18.5. The molecule has 12 heteroatoms. The lowest BCUT2D eigenvalue weighted by atomic mass is 10.0. The minimum atomic E-state index is -1.20. The number of nitrogens with one attached hydrogen (secondary N) is 3. The molecule has 3 N–H and O–H groups in total. The lowest BCUT2D eigenvalue weighted by Crippen LogP contribution is -2.58. The maximum absolute atomic E-state index is 13.4. The average molecular weight is 569 g/mol. The summed E-state index contributed by atoms with van der Waals surface area (Å²) in [5, 5.41) is 8.04. The van der Waals surface area contributed by atoms with Crippen LogP contribution in [0, 0.1) is 11.8 Å². The van der Waals surface area contributed by atoms with Crippen LogP contribution >= 0.6 is 0 Å². The summed E-state index contributed by atoms with van der Waals surface area (Å²) in [6.07, 6.45) is 1.19. The second kappa shape index (κ2) is 15.6. The molecule has 1 heterocycles. The fraction of sp³-hybridized carbons (Fsp3) is 0.786. The first-order valence-corrected chi connectivity index (χ1v) is 13.9. The van der Waals surface area contributed by atoms with E-state index in [0.717, 1.165) is 0 Å². The SMILES string of the molecule is COC(=O)[C@@H](NC(=O)[C@H](CCC(=O)OC(C)(C)C)NC(=O)[C@H](CC(C)C)NC(=O)[C@@H]1CCCN1C(C)=O)C(C)C. The standard InChI is InChI=1S/C28H48N4O8/c1-16(2)15-20(30-26(37)21-11-10-14-32(21)18(5)33)25(36)29-19(12-13-22(34)40-28(6,7)8)24(35)31-23(17(3)4)27(38)39-9/h16-17,19-21,23H,10-15H2,1-9H3,(H,29,36)(H,30,37)(H,31,35)/t19-,20-,21-,23-/m0/s1. The largest absolute Gasteiger partial charge is 0.467 e. The van der Waals surface area contributed by atoms with Crippen LogP contribution in [0.15, 0.2) is 0 Å². The summed E-state index contributed by atoms with van der Waals surface area (Å²) < 4.78 is 10.1. The molecule has 12 nitrogen and oxygen atoms in total. The fourth-order valence-corrected chi connectivity index (χ4v) is 4.46. The lowest BCUT2D eigenvalue weighted by Gasteiger charge is -2.28. The van der Waals surface area contributed by atoms with E-state index in [9.17, 15) is 28.8 Å². The lowest BCUT2D eigenvalue weighted by molar-refractivity contribution is -0.155. The number of hydrogen-bond donors (Lipinski definition) is 3. The number of amides is 4. The molecule has 4 amide bonds. The van der Waals surface area contributed by atoms with E-state index in [1.54, 1.807) is 34.6 Å². The van der Waals surface area contributed by atoms with Crippen molar-refractivity contribution in [2.24, 2.45) is 11.8 Å². The Morgan fingerprint density at radius 2 is 1.52 bits per heavy atom. The zero-order chi connectivity index (χ0) is 30.8. The van der Waals surface area contributed by atoms with Crippen LogP contribution in [0.25, 0.3) is 0 Å². The van der Waals surface area contributed by atoms with Gasteiger partial charge < -0.3 is 30.3 Å². The topological polar surface area (TPSA) is 160 Å². The van der Waals surface area contributed by atoms with Crippen molar-refractivity contribution >= 4 is 35.6 Å². The molecule has 1 aliphatic rings. The molecule has 0 aromatic heterocycles. The number of ether oxygens (including phenoxy) is 2. The zero-order valence-corrected chi connectivity index (χ0v) is 25.4. The third kappa shape index (κ3) is 11.5. The second-order valence-electron chi connectivity index (χ2n) is 12.0. The van der Waals surface area contributed by atoms with E-state index >= 15 is 0 Å². The number of carbonyl (C=O) groups excluding carboxylic acids is 6. The van der Waals surface area contributed by atoms with Crippen molar-refractivity contribution in [3.8, 4) is 0 Å². The third-order valence-electron chi connectivity index (χ3n) is 6.41. The van der Waals surface area contributed by atoms with Gasteiger partial charge in [-0.15, -0.1) is 0 Å². The number of esters is 2. The number of methoxy groups -OCH3 is 1. The first kappa shape index (κ1) is 34.8. The van der Waals surface area contributed by atoms with Crippen molar-refractivity contribution in [2.75, 3.05) is 13.7 Å². The molecule has 0 spiro atoms. The average Bonchev–Trinajstić information content (AvgIpc) is 3.33.